The van der Waals surface area contributed by atoms with Crippen molar-refractivity contribution in [2.24, 2.45) is 0 Å². The molecule has 0 bridgehead atoms. The number of aryl methyl sites for hydroxylation is 2. The summed E-state index contributed by atoms with van der Waals surface area (Å²) < 4.78 is 0. The number of hydrogen-bond donors (Lipinski definition) is 2. The molecule has 1 aromatic heterocycles. The van der Waals surface area contributed by atoms with Crippen LogP contribution in [0.5, 0.6) is 0 Å². The van der Waals surface area contributed by atoms with E-state index in [1.165, 1.54) is 0 Å². The first-order valence-electron chi connectivity index (χ1n) is 6.07. The summed E-state index contributed by atoms with van der Waals surface area (Å²) in [6, 6.07) is 7.35. The van der Waals surface area contributed by atoms with Crippen molar-refractivity contribution < 1.29 is 4.79 Å². The maximum absolute atomic E-state index is 12.2. The van der Waals surface area contributed by atoms with E-state index in [9.17, 15) is 4.79 Å². The Bertz CT molecular complexity index is 570. The van der Waals surface area contributed by atoms with E-state index in [1.54, 1.807) is 0 Å². The van der Waals surface area contributed by atoms with E-state index in [-0.39, 0.29) is 11.9 Å². The Kier molecular flexibility index (Phi) is 3.90. The predicted octanol–water partition coefficient (Wildman–Crippen LogP) is 3.17. The summed E-state index contributed by atoms with van der Waals surface area (Å²) in [7, 11) is 0. The van der Waals surface area contributed by atoms with Crippen molar-refractivity contribution in [1.29, 1.82) is 0 Å². The van der Waals surface area contributed by atoms with E-state index >= 15 is 0 Å². The lowest BCUT2D eigenvalue weighted by molar-refractivity contribution is 0.0938. The molecular weight excluding hydrogens is 262 g/mol. The van der Waals surface area contributed by atoms with Crippen LogP contribution in [0.3, 0.4) is 0 Å². The van der Waals surface area contributed by atoms with E-state index in [4.69, 9.17) is 11.6 Å². The molecule has 19 heavy (non-hydrogen) atoms. The molecule has 1 atom stereocenters. The number of nitrogens with one attached hydrogen (secondary N) is 2. The van der Waals surface area contributed by atoms with Crippen molar-refractivity contribution in [3.05, 3.63) is 51.8 Å². The number of carbonyl (C=O) groups excluding carboxylic acids is 1. The summed E-state index contributed by atoms with van der Waals surface area (Å²) in [5.41, 5.74) is 3.11. The highest BCUT2D eigenvalue weighted by Gasteiger charge is 2.17. The monoisotopic (exact) mass is 277 g/mol. The van der Waals surface area contributed by atoms with Gasteiger partial charge in [-0.15, -0.1) is 0 Å². The van der Waals surface area contributed by atoms with Gasteiger partial charge in [-0.05, 0) is 38.5 Å². The van der Waals surface area contributed by atoms with Crippen LogP contribution in [-0.2, 0) is 0 Å². The van der Waals surface area contributed by atoms with E-state index in [1.807, 2.05) is 45.0 Å². The quantitative estimate of drug-likeness (QED) is 0.905. The molecule has 0 aliphatic carbocycles. The third-order valence-corrected chi connectivity index (χ3v) is 3.32. The number of amides is 1. The number of aromatic amines is 1. The first-order valence-corrected chi connectivity index (χ1v) is 6.44. The number of halogens is 1. The second-order valence-electron chi connectivity index (χ2n) is 4.56. The fourth-order valence-electron chi connectivity index (χ4n) is 1.99. The van der Waals surface area contributed by atoms with Crippen LogP contribution < -0.4 is 5.32 Å². The Balaban J connectivity index is 2.13. The van der Waals surface area contributed by atoms with Crippen LogP contribution in [0.4, 0.5) is 0 Å². The van der Waals surface area contributed by atoms with Gasteiger partial charge in [-0.3, -0.25) is 9.89 Å². The number of hydrogen-bond acceptors (Lipinski definition) is 2. The second kappa shape index (κ2) is 5.45. The molecule has 4 nitrogen and oxygen atoms in total. The Morgan fingerprint density at radius 1 is 1.32 bits per heavy atom. The van der Waals surface area contributed by atoms with Crippen LogP contribution in [0, 0.1) is 13.8 Å². The highest BCUT2D eigenvalue weighted by molar-refractivity contribution is 6.30. The maximum atomic E-state index is 12.2. The number of benzene rings is 1. The topological polar surface area (TPSA) is 57.8 Å². The molecule has 0 fully saturated rings. The molecule has 0 saturated carbocycles. The summed E-state index contributed by atoms with van der Waals surface area (Å²) in [6.45, 7) is 5.58. The molecule has 0 saturated heterocycles. The lowest BCUT2D eigenvalue weighted by Gasteiger charge is -2.14. The molecule has 1 amide bonds. The Morgan fingerprint density at radius 2 is 1.95 bits per heavy atom. The molecular formula is C14H16ClN3O. The minimum Gasteiger partial charge on any atom is -0.345 e. The molecule has 0 spiro atoms. The summed E-state index contributed by atoms with van der Waals surface area (Å²) in [5.74, 6) is -0.119. The SMILES string of the molecule is Cc1n[nH]c(C)c1C(=O)NC(C)c1ccc(Cl)cc1. The standard InChI is InChI=1S/C14H16ClN3O/c1-8(11-4-6-12(15)7-5-11)16-14(19)13-9(2)17-18-10(13)3/h4-8H,1-3H3,(H,16,19)(H,17,18). The molecule has 2 N–H and O–H groups in total. The first kappa shape index (κ1) is 13.6. The number of rotatable bonds is 3. The van der Waals surface area contributed by atoms with Gasteiger partial charge < -0.3 is 5.32 Å². The average Bonchev–Trinajstić information content (AvgIpc) is 2.69. The Morgan fingerprint density at radius 3 is 2.47 bits per heavy atom. The van der Waals surface area contributed by atoms with Crippen LogP contribution in [-0.4, -0.2) is 16.1 Å². The molecule has 2 rings (SSSR count). The lowest BCUT2D eigenvalue weighted by atomic mass is 10.1. The highest BCUT2D eigenvalue weighted by Crippen LogP contribution is 2.17. The zero-order valence-corrected chi connectivity index (χ0v) is 11.9. The van der Waals surface area contributed by atoms with Gasteiger partial charge in [0, 0.05) is 10.7 Å². The molecule has 1 heterocycles. The molecule has 1 unspecified atom stereocenters. The number of aromatic nitrogens is 2. The van der Waals surface area contributed by atoms with Crippen molar-refractivity contribution in [1.82, 2.24) is 15.5 Å². The van der Waals surface area contributed by atoms with E-state index < -0.39 is 0 Å². The van der Waals surface area contributed by atoms with Gasteiger partial charge in [0.2, 0.25) is 0 Å². The van der Waals surface area contributed by atoms with E-state index in [0.717, 1.165) is 11.3 Å². The van der Waals surface area contributed by atoms with Crippen LogP contribution in [0.2, 0.25) is 5.02 Å². The van der Waals surface area contributed by atoms with Crippen molar-refractivity contribution in [3.8, 4) is 0 Å². The van der Waals surface area contributed by atoms with Gasteiger partial charge in [0.25, 0.3) is 5.91 Å². The van der Waals surface area contributed by atoms with Crippen molar-refractivity contribution >= 4 is 17.5 Å². The summed E-state index contributed by atoms with van der Waals surface area (Å²) in [6.07, 6.45) is 0. The minimum atomic E-state index is -0.119. The largest absolute Gasteiger partial charge is 0.345 e. The van der Waals surface area contributed by atoms with E-state index in [0.29, 0.717) is 16.3 Å². The summed E-state index contributed by atoms with van der Waals surface area (Å²) in [5, 5.41) is 10.5. The van der Waals surface area contributed by atoms with Crippen molar-refractivity contribution in [2.45, 2.75) is 26.8 Å². The third-order valence-electron chi connectivity index (χ3n) is 3.07. The van der Waals surface area contributed by atoms with Crippen LogP contribution in [0.15, 0.2) is 24.3 Å². The van der Waals surface area contributed by atoms with Gasteiger partial charge in [-0.1, -0.05) is 23.7 Å². The fourth-order valence-corrected chi connectivity index (χ4v) is 2.12. The number of H-pyrrole nitrogens is 1. The molecule has 2 aromatic rings. The molecule has 100 valence electrons. The normalized spacial score (nSPS) is 12.2. The van der Waals surface area contributed by atoms with Gasteiger partial charge in [0.1, 0.15) is 0 Å². The summed E-state index contributed by atoms with van der Waals surface area (Å²) >= 11 is 5.85. The van der Waals surface area contributed by atoms with Crippen LogP contribution in [0.25, 0.3) is 0 Å². The maximum Gasteiger partial charge on any atom is 0.255 e. The third kappa shape index (κ3) is 2.96. The van der Waals surface area contributed by atoms with Crippen LogP contribution >= 0.6 is 11.6 Å². The van der Waals surface area contributed by atoms with Gasteiger partial charge in [-0.2, -0.15) is 5.10 Å². The fraction of sp³-hybridized carbons (Fsp3) is 0.286. The van der Waals surface area contributed by atoms with Crippen molar-refractivity contribution in [3.63, 3.8) is 0 Å². The molecule has 1 aromatic carbocycles. The zero-order chi connectivity index (χ0) is 14.0. The van der Waals surface area contributed by atoms with Crippen molar-refractivity contribution in [2.75, 3.05) is 0 Å². The van der Waals surface area contributed by atoms with Gasteiger partial charge in [-0.25, -0.2) is 0 Å². The average molecular weight is 278 g/mol. The Labute approximate surface area is 117 Å². The Hall–Kier alpha value is -1.81. The zero-order valence-electron chi connectivity index (χ0n) is 11.1. The molecule has 5 heteroatoms. The second-order valence-corrected chi connectivity index (χ2v) is 4.99. The van der Waals surface area contributed by atoms with Gasteiger partial charge in [0.05, 0.1) is 17.3 Å². The smallest absolute Gasteiger partial charge is 0.255 e. The number of carbonyl (C=O) groups is 1. The number of nitrogens with zero attached hydrogens (tertiary/aromatic N) is 1. The minimum absolute atomic E-state index is 0.0848. The lowest BCUT2D eigenvalue weighted by Crippen LogP contribution is -2.27. The van der Waals surface area contributed by atoms with Gasteiger partial charge >= 0.3 is 0 Å². The van der Waals surface area contributed by atoms with Gasteiger partial charge in [0.15, 0.2) is 0 Å². The highest BCUT2D eigenvalue weighted by atomic mass is 35.5. The first-order chi connectivity index (χ1) is 8.99. The molecule has 0 aliphatic heterocycles. The summed E-state index contributed by atoms with van der Waals surface area (Å²) in [4.78, 5) is 12.2. The molecule has 0 radical (unpaired) electrons. The van der Waals surface area contributed by atoms with E-state index in [2.05, 4.69) is 15.5 Å². The predicted molar refractivity (Wildman–Crippen MR) is 75.4 cm³/mol. The molecule has 0 aliphatic rings. The van der Waals surface area contributed by atoms with Crippen LogP contribution in [0.1, 0.15) is 40.3 Å².